The summed E-state index contributed by atoms with van der Waals surface area (Å²) in [6, 6.07) is 0. The van der Waals surface area contributed by atoms with Crippen LogP contribution < -0.4 is 0 Å². The van der Waals surface area contributed by atoms with E-state index in [2.05, 4.69) is 27.4 Å². The summed E-state index contributed by atoms with van der Waals surface area (Å²) >= 11 is 0. The molecule has 4 rings (SSSR count). The molecule has 0 aromatic carbocycles. The zero-order valence-corrected chi connectivity index (χ0v) is 16.3. The maximum Gasteiger partial charge on any atom is 0.156 e. The lowest BCUT2D eigenvalue weighted by Gasteiger charge is -2.59. The second-order valence-electron chi connectivity index (χ2n) is 10.0. The molecular formula is C23H32O2. The molecule has 0 spiro atoms. The van der Waals surface area contributed by atoms with E-state index in [0.717, 1.165) is 25.7 Å². The fourth-order valence-corrected chi connectivity index (χ4v) is 7.41. The van der Waals surface area contributed by atoms with Crippen LogP contribution in [0.3, 0.4) is 0 Å². The Balaban J connectivity index is 1.75. The van der Waals surface area contributed by atoms with Gasteiger partial charge >= 0.3 is 0 Å². The average Bonchev–Trinajstić information content (AvgIpc) is 2.83. The van der Waals surface area contributed by atoms with Gasteiger partial charge in [0.25, 0.3) is 0 Å². The van der Waals surface area contributed by atoms with E-state index in [-0.39, 0.29) is 22.0 Å². The zero-order valence-electron chi connectivity index (χ0n) is 16.3. The van der Waals surface area contributed by atoms with Gasteiger partial charge in [0.15, 0.2) is 5.78 Å². The van der Waals surface area contributed by atoms with Gasteiger partial charge in [-0.05, 0) is 85.7 Å². The van der Waals surface area contributed by atoms with Gasteiger partial charge in [0.1, 0.15) is 5.78 Å². The van der Waals surface area contributed by atoms with Crippen molar-refractivity contribution >= 4 is 11.6 Å². The number of carbonyl (C=O) groups excluding carboxylic acids is 2. The minimum atomic E-state index is -0.163. The lowest BCUT2D eigenvalue weighted by atomic mass is 9.44. The molecule has 136 valence electrons. The van der Waals surface area contributed by atoms with E-state index < -0.39 is 0 Å². The summed E-state index contributed by atoms with van der Waals surface area (Å²) in [6.45, 7) is 13.2. The summed E-state index contributed by atoms with van der Waals surface area (Å²) in [7, 11) is 0. The first-order valence-electron chi connectivity index (χ1n) is 10.1. The Morgan fingerprint density at radius 3 is 2.48 bits per heavy atom. The zero-order chi connectivity index (χ0) is 18.2. The van der Waals surface area contributed by atoms with Crippen LogP contribution in [0.15, 0.2) is 23.8 Å². The Kier molecular flexibility index (Phi) is 3.57. The smallest absolute Gasteiger partial charge is 0.156 e. The highest BCUT2D eigenvalue weighted by Crippen LogP contribution is 2.70. The average molecular weight is 341 g/mol. The van der Waals surface area contributed by atoms with E-state index in [4.69, 9.17) is 0 Å². The highest BCUT2D eigenvalue weighted by atomic mass is 16.1. The number of hydrogen-bond acceptors (Lipinski definition) is 2. The Hall–Kier alpha value is -1.18. The lowest BCUT2D eigenvalue weighted by molar-refractivity contribution is -0.138. The Morgan fingerprint density at radius 1 is 1.12 bits per heavy atom. The third-order valence-corrected chi connectivity index (χ3v) is 9.31. The fraction of sp³-hybridized carbons (Fsp3) is 0.739. The van der Waals surface area contributed by atoms with E-state index in [9.17, 15) is 9.59 Å². The SMILES string of the molecule is C=C1CC2C(CC[C@@]3(C)C2CC[C@]3(C)C(C)=O)[C@@]2(C)CCC(=O)C=C12. The van der Waals surface area contributed by atoms with Crippen molar-refractivity contribution in [2.45, 2.75) is 72.6 Å². The van der Waals surface area contributed by atoms with Crippen LogP contribution in [0.5, 0.6) is 0 Å². The van der Waals surface area contributed by atoms with Gasteiger partial charge in [-0.3, -0.25) is 9.59 Å². The summed E-state index contributed by atoms with van der Waals surface area (Å²) in [5, 5.41) is 0. The minimum Gasteiger partial charge on any atom is -0.299 e. The van der Waals surface area contributed by atoms with Crippen molar-refractivity contribution in [3.63, 3.8) is 0 Å². The molecule has 0 heterocycles. The van der Waals surface area contributed by atoms with E-state index >= 15 is 0 Å². The quantitative estimate of drug-likeness (QED) is 0.651. The molecule has 0 aromatic heterocycles. The van der Waals surface area contributed by atoms with Crippen LogP contribution in [0.25, 0.3) is 0 Å². The molecule has 3 saturated carbocycles. The van der Waals surface area contributed by atoms with Crippen LogP contribution in [0, 0.1) is 34.0 Å². The van der Waals surface area contributed by atoms with Crippen molar-refractivity contribution in [1.82, 2.24) is 0 Å². The van der Waals surface area contributed by atoms with Crippen LogP contribution in [0.1, 0.15) is 72.6 Å². The van der Waals surface area contributed by atoms with Crippen molar-refractivity contribution in [2.24, 2.45) is 34.0 Å². The maximum atomic E-state index is 12.5. The normalized spacial score (nSPS) is 49.1. The number of carbonyl (C=O) groups is 2. The van der Waals surface area contributed by atoms with Crippen molar-refractivity contribution in [2.75, 3.05) is 0 Å². The van der Waals surface area contributed by atoms with Crippen LogP contribution in [-0.4, -0.2) is 11.6 Å². The van der Waals surface area contributed by atoms with E-state index in [1.165, 1.54) is 24.0 Å². The molecule has 0 saturated heterocycles. The Bertz CT molecular complexity index is 701. The molecule has 2 nitrogen and oxygen atoms in total. The summed E-state index contributed by atoms with van der Waals surface area (Å²) in [6.07, 6.45) is 9.15. The molecule has 0 amide bonds. The summed E-state index contributed by atoms with van der Waals surface area (Å²) in [4.78, 5) is 24.5. The Labute approximate surface area is 152 Å². The van der Waals surface area contributed by atoms with E-state index in [1.807, 2.05) is 6.08 Å². The van der Waals surface area contributed by atoms with Gasteiger partial charge in [0, 0.05) is 11.8 Å². The lowest BCUT2D eigenvalue weighted by Crippen LogP contribution is -2.53. The number of Topliss-reactive ketones (excluding diaryl/α,β-unsaturated/α-hetero) is 1. The second-order valence-corrected chi connectivity index (χ2v) is 10.0. The molecular weight excluding hydrogens is 308 g/mol. The molecule has 25 heavy (non-hydrogen) atoms. The number of allylic oxidation sites excluding steroid dienone is 2. The predicted molar refractivity (Wildman–Crippen MR) is 100 cm³/mol. The molecule has 0 aromatic rings. The molecule has 3 fully saturated rings. The fourth-order valence-electron chi connectivity index (χ4n) is 7.41. The standard InChI is InChI=1S/C23H32O2/c1-14-12-17-18(21(3)9-6-16(25)13-20(14)21)7-11-23(5)19(17)8-10-22(23,4)15(2)24/h13,17-19H,1,6-12H2,2-5H3/t17?,18?,19?,21-,22-,23+/m1/s1. The molecule has 0 bridgehead atoms. The summed E-state index contributed by atoms with van der Waals surface area (Å²) in [5.74, 6) is 2.54. The van der Waals surface area contributed by atoms with E-state index in [0.29, 0.717) is 30.0 Å². The third kappa shape index (κ3) is 2.03. The van der Waals surface area contributed by atoms with Gasteiger partial charge in [-0.1, -0.05) is 32.9 Å². The molecule has 4 aliphatic carbocycles. The number of hydrogen-bond donors (Lipinski definition) is 0. The van der Waals surface area contributed by atoms with Gasteiger partial charge in [-0.25, -0.2) is 0 Å². The molecule has 4 aliphatic rings. The third-order valence-electron chi connectivity index (χ3n) is 9.31. The van der Waals surface area contributed by atoms with Gasteiger partial charge in [-0.2, -0.15) is 0 Å². The highest BCUT2D eigenvalue weighted by molar-refractivity contribution is 5.92. The van der Waals surface area contributed by atoms with Gasteiger partial charge in [0.05, 0.1) is 0 Å². The van der Waals surface area contributed by atoms with Crippen LogP contribution in [0.4, 0.5) is 0 Å². The highest BCUT2D eigenvalue weighted by Gasteiger charge is 2.64. The summed E-state index contributed by atoms with van der Waals surface area (Å²) < 4.78 is 0. The van der Waals surface area contributed by atoms with Crippen molar-refractivity contribution in [3.05, 3.63) is 23.8 Å². The largest absolute Gasteiger partial charge is 0.299 e. The van der Waals surface area contributed by atoms with Crippen molar-refractivity contribution in [3.8, 4) is 0 Å². The molecule has 0 aliphatic heterocycles. The molecule has 3 unspecified atom stereocenters. The van der Waals surface area contributed by atoms with Gasteiger partial charge < -0.3 is 0 Å². The minimum absolute atomic E-state index is 0.116. The molecule has 0 radical (unpaired) electrons. The first-order chi connectivity index (χ1) is 11.6. The first kappa shape index (κ1) is 17.2. The maximum absolute atomic E-state index is 12.5. The monoisotopic (exact) mass is 340 g/mol. The van der Waals surface area contributed by atoms with Gasteiger partial charge in [-0.15, -0.1) is 0 Å². The predicted octanol–water partition coefficient (Wildman–Crippen LogP) is 5.28. The summed E-state index contributed by atoms with van der Waals surface area (Å²) in [5.41, 5.74) is 2.52. The number of rotatable bonds is 1. The van der Waals surface area contributed by atoms with Crippen LogP contribution in [-0.2, 0) is 9.59 Å². The second kappa shape index (κ2) is 5.18. The molecule has 0 N–H and O–H groups in total. The van der Waals surface area contributed by atoms with Crippen molar-refractivity contribution in [1.29, 1.82) is 0 Å². The van der Waals surface area contributed by atoms with Gasteiger partial charge in [0.2, 0.25) is 0 Å². The van der Waals surface area contributed by atoms with Crippen LogP contribution >= 0.6 is 0 Å². The number of ketones is 2. The first-order valence-corrected chi connectivity index (χ1v) is 10.1. The molecule has 6 atom stereocenters. The van der Waals surface area contributed by atoms with Crippen molar-refractivity contribution < 1.29 is 9.59 Å². The molecule has 2 heteroatoms. The van der Waals surface area contributed by atoms with E-state index in [1.54, 1.807) is 6.92 Å². The van der Waals surface area contributed by atoms with Crippen LogP contribution in [0.2, 0.25) is 0 Å². The topological polar surface area (TPSA) is 34.1 Å². The number of fused-ring (bicyclic) bond motifs is 5. The Morgan fingerprint density at radius 2 is 1.80 bits per heavy atom.